The van der Waals surface area contributed by atoms with E-state index < -0.39 is 0 Å². The molecular formula is C38H73NO2. The molecule has 0 saturated carbocycles. The van der Waals surface area contributed by atoms with Gasteiger partial charge in [-0.05, 0) is 64.2 Å². The average molecular weight is 576 g/mol. The van der Waals surface area contributed by atoms with Crippen molar-refractivity contribution in [3.8, 4) is 0 Å². The molecule has 0 heterocycles. The van der Waals surface area contributed by atoms with E-state index in [9.17, 15) is 0 Å². The fourth-order valence-electron chi connectivity index (χ4n) is 5.10. The van der Waals surface area contributed by atoms with Crippen LogP contribution >= 0.6 is 0 Å². The van der Waals surface area contributed by atoms with Crippen molar-refractivity contribution in [1.29, 1.82) is 0 Å². The van der Waals surface area contributed by atoms with E-state index in [0.717, 1.165) is 31.8 Å². The van der Waals surface area contributed by atoms with Gasteiger partial charge in [-0.1, -0.05) is 141 Å². The lowest BCUT2D eigenvalue weighted by molar-refractivity contribution is 0.141. The summed E-state index contributed by atoms with van der Waals surface area (Å²) in [5.41, 5.74) is 1.03. The summed E-state index contributed by atoms with van der Waals surface area (Å²) in [6.07, 6.45) is 44.2. The standard InChI is InChI=1S/C38H73NO2/c1-4-6-8-10-12-14-16-18-20-22-24-26-28-30-32-34-40-36-38(39-3)37-41-35-33-31-29-27-25-23-21-19-17-15-13-11-9-7-5-2/h18-21H,4-17,22-37H2,1-3H3. The monoisotopic (exact) mass is 576 g/mol. The van der Waals surface area contributed by atoms with Crippen LogP contribution in [0.15, 0.2) is 29.3 Å². The van der Waals surface area contributed by atoms with Gasteiger partial charge in [0.05, 0.1) is 18.9 Å². The van der Waals surface area contributed by atoms with E-state index in [2.05, 4.69) is 43.1 Å². The summed E-state index contributed by atoms with van der Waals surface area (Å²) in [6, 6.07) is 0. The van der Waals surface area contributed by atoms with Crippen LogP contribution in [0.2, 0.25) is 0 Å². The molecule has 0 bridgehead atoms. The topological polar surface area (TPSA) is 30.8 Å². The van der Waals surface area contributed by atoms with Gasteiger partial charge in [-0.2, -0.15) is 0 Å². The quantitative estimate of drug-likeness (QED) is 0.0434. The summed E-state index contributed by atoms with van der Waals surface area (Å²) in [5, 5.41) is 0. The summed E-state index contributed by atoms with van der Waals surface area (Å²) in [6.45, 7) is 7.48. The van der Waals surface area contributed by atoms with Gasteiger partial charge in [-0.15, -0.1) is 0 Å². The van der Waals surface area contributed by atoms with Crippen molar-refractivity contribution in [2.24, 2.45) is 4.99 Å². The molecule has 0 atom stereocenters. The maximum absolute atomic E-state index is 5.86. The number of rotatable bonds is 34. The van der Waals surface area contributed by atoms with Crippen molar-refractivity contribution in [3.05, 3.63) is 24.3 Å². The molecule has 242 valence electrons. The highest BCUT2D eigenvalue weighted by Gasteiger charge is 2.00. The zero-order valence-electron chi connectivity index (χ0n) is 28.3. The number of unbranched alkanes of at least 4 members (excludes halogenated alkanes) is 22. The maximum atomic E-state index is 5.86. The Morgan fingerprint density at radius 2 is 0.707 bits per heavy atom. The first kappa shape index (κ1) is 40.1. The van der Waals surface area contributed by atoms with Crippen molar-refractivity contribution in [2.45, 2.75) is 181 Å². The Labute approximate surface area is 258 Å². The van der Waals surface area contributed by atoms with Gasteiger partial charge in [-0.3, -0.25) is 4.99 Å². The first-order chi connectivity index (χ1) is 20.3. The molecule has 0 aliphatic carbocycles. The van der Waals surface area contributed by atoms with Crippen LogP contribution in [-0.2, 0) is 9.47 Å². The number of nitrogens with zero attached hydrogens (tertiary/aromatic N) is 1. The van der Waals surface area contributed by atoms with Gasteiger partial charge < -0.3 is 9.47 Å². The van der Waals surface area contributed by atoms with Crippen molar-refractivity contribution < 1.29 is 9.47 Å². The Kier molecular flexibility index (Phi) is 36.3. The minimum Gasteiger partial charge on any atom is -0.375 e. The minimum atomic E-state index is 0.617. The van der Waals surface area contributed by atoms with Gasteiger partial charge in [-0.25, -0.2) is 0 Å². The summed E-state index contributed by atoms with van der Waals surface area (Å²) < 4.78 is 11.7. The van der Waals surface area contributed by atoms with Gasteiger partial charge in [0.15, 0.2) is 0 Å². The molecule has 0 saturated heterocycles. The van der Waals surface area contributed by atoms with Crippen LogP contribution in [0, 0.1) is 0 Å². The highest BCUT2D eigenvalue weighted by molar-refractivity contribution is 5.86. The van der Waals surface area contributed by atoms with Gasteiger partial charge in [0.1, 0.15) is 0 Å². The van der Waals surface area contributed by atoms with E-state index in [1.54, 1.807) is 0 Å². The van der Waals surface area contributed by atoms with Crippen LogP contribution in [-0.4, -0.2) is 39.2 Å². The number of hydrogen-bond acceptors (Lipinski definition) is 3. The SMILES string of the molecule is CCCCCCCCC=CCCCCCCCOCC(COCCCCCCCC=CCCCCCCCC)=NC. The van der Waals surface area contributed by atoms with Crippen LogP contribution in [0.25, 0.3) is 0 Å². The van der Waals surface area contributed by atoms with Crippen LogP contribution < -0.4 is 0 Å². The highest BCUT2D eigenvalue weighted by atomic mass is 16.5. The van der Waals surface area contributed by atoms with Gasteiger partial charge in [0.2, 0.25) is 0 Å². The maximum Gasteiger partial charge on any atom is 0.0867 e. The molecule has 0 aromatic carbocycles. The van der Waals surface area contributed by atoms with E-state index in [-0.39, 0.29) is 0 Å². The third kappa shape index (κ3) is 35.2. The zero-order chi connectivity index (χ0) is 29.7. The normalized spacial score (nSPS) is 11.8. The molecule has 0 fully saturated rings. The van der Waals surface area contributed by atoms with Crippen molar-refractivity contribution in [2.75, 3.05) is 33.5 Å². The molecule has 0 radical (unpaired) electrons. The fourth-order valence-corrected chi connectivity index (χ4v) is 5.10. The van der Waals surface area contributed by atoms with Crippen LogP contribution in [0.3, 0.4) is 0 Å². The summed E-state index contributed by atoms with van der Waals surface area (Å²) in [7, 11) is 1.85. The average Bonchev–Trinajstić information content (AvgIpc) is 2.99. The molecule has 3 heteroatoms. The van der Waals surface area contributed by atoms with Crippen molar-refractivity contribution in [1.82, 2.24) is 0 Å². The lowest BCUT2D eigenvalue weighted by atomic mass is 10.1. The van der Waals surface area contributed by atoms with Gasteiger partial charge in [0.25, 0.3) is 0 Å². The third-order valence-electron chi connectivity index (χ3n) is 7.95. The van der Waals surface area contributed by atoms with E-state index in [0.29, 0.717) is 13.2 Å². The first-order valence-corrected chi connectivity index (χ1v) is 18.2. The Morgan fingerprint density at radius 1 is 0.415 bits per heavy atom. The Morgan fingerprint density at radius 3 is 1.02 bits per heavy atom. The molecule has 0 N–H and O–H groups in total. The van der Waals surface area contributed by atoms with Crippen LogP contribution in [0.5, 0.6) is 0 Å². The number of ether oxygens (including phenoxy) is 2. The molecule has 3 nitrogen and oxygen atoms in total. The second-order valence-electron chi connectivity index (χ2n) is 12.1. The second kappa shape index (κ2) is 37.1. The lowest BCUT2D eigenvalue weighted by Gasteiger charge is -2.08. The molecule has 0 rings (SSSR count). The van der Waals surface area contributed by atoms with E-state index >= 15 is 0 Å². The molecule has 0 unspecified atom stereocenters. The second-order valence-corrected chi connectivity index (χ2v) is 12.1. The number of allylic oxidation sites excluding steroid dienone is 4. The molecule has 41 heavy (non-hydrogen) atoms. The molecule has 0 aromatic heterocycles. The molecule has 0 aliphatic rings. The van der Waals surface area contributed by atoms with Gasteiger partial charge in [0, 0.05) is 20.3 Å². The predicted molar refractivity (Wildman–Crippen MR) is 185 cm³/mol. The minimum absolute atomic E-state index is 0.617. The highest BCUT2D eigenvalue weighted by Crippen LogP contribution is 2.11. The molecule has 0 aromatic rings. The number of aliphatic imine (C=N–C) groups is 1. The fraction of sp³-hybridized carbons (Fsp3) is 0.868. The van der Waals surface area contributed by atoms with Gasteiger partial charge >= 0.3 is 0 Å². The first-order valence-electron chi connectivity index (χ1n) is 18.2. The Balaban J connectivity index is 3.34. The molecule has 0 aliphatic heterocycles. The Hall–Kier alpha value is -0.930. The van der Waals surface area contributed by atoms with E-state index in [4.69, 9.17) is 9.47 Å². The Bertz CT molecular complexity index is 523. The largest absolute Gasteiger partial charge is 0.375 e. The molecular weight excluding hydrogens is 502 g/mol. The van der Waals surface area contributed by atoms with Crippen molar-refractivity contribution >= 4 is 5.71 Å². The predicted octanol–water partition coefficient (Wildman–Crippen LogP) is 12.4. The lowest BCUT2D eigenvalue weighted by Crippen LogP contribution is -2.17. The molecule has 0 spiro atoms. The summed E-state index contributed by atoms with van der Waals surface area (Å²) in [5.74, 6) is 0. The van der Waals surface area contributed by atoms with Crippen LogP contribution in [0.4, 0.5) is 0 Å². The summed E-state index contributed by atoms with van der Waals surface area (Å²) >= 11 is 0. The number of hydrogen-bond donors (Lipinski definition) is 0. The smallest absolute Gasteiger partial charge is 0.0867 e. The molecule has 0 amide bonds. The van der Waals surface area contributed by atoms with Crippen molar-refractivity contribution in [3.63, 3.8) is 0 Å². The zero-order valence-corrected chi connectivity index (χ0v) is 28.3. The van der Waals surface area contributed by atoms with E-state index in [1.165, 1.54) is 154 Å². The van der Waals surface area contributed by atoms with Crippen LogP contribution in [0.1, 0.15) is 181 Å². The van der Waals surface area contributed by atoms with E-state index in [1.807, 2.05) is 7.05 Å². The third-order valence-corrected chi connectivity index (χ3v) is 7.95. The summed E-state index contributed by atoms with van der Waals surface area (Å²) in [4.78, 5) is 4.36.